The highest BCUT2D eigenvalue weighted by Crippen LogP contribution is 2.25. The Hall–Kier alpha value is -2.52. The highest BCUT2D eigenvalue weighted by Gasteiger charge is 2.16. The number of nitrogens with one attached hydrogen (secondary N) is 3. The van der Waals surface area contributed by atoms with E-state index in [4.69, 9.17) is 12.2 Å². The summed E-state index contributed by atoms with van der Waals surface area (Å²) in [5.41, 5.74) is 7.91. The van der Waals surface area contributed by atoms with Gasteiger partial charge in [-0.1, -0.05) is 12.1 Å². The lowest BCUT2D eigenvalue weighted by molar-refractivity contribution is -0.385. The summed E-state index contributed by atoms with van der Waals surface area (Å²) in [7, 11) is 0. The minimum absolute atomic E-state index is 0.136. The van der Waals surface area contributed by atoms with Crippen molar-refractivity contribution in [2.45, 2.75) is 13.8 Å². The monoisotopic (exact) mass is 422 g/mol. The maximum atomic E-state index is 12.1. The molecule has 0 saturated heterocycles. The van der Waals surface area contributed by atoms with Crippen molar-refractivity contribution in [2.75, 3.05) is 5.32 Å². The number of anilines is 1. The number of hydrazine groups is 1. The summed E-state index contributed by atoms with van der Waals surface area (Å²) >= 11 is 8.21. The normalized spacial score (nSPS) is 10.0. The molecule has 0 saturated carbocycles. The van der Waals surface area contributed by atoms with E-state index < -0.39 is 10.8 Å². The highest BCUT2D eigenvalue weighted by molar-refractivity contribution is 9.10. The van der Waals surface area contributed by atoms with Crippen LogP contribution in [0, 0.1) is 24.0 Å². The first-order valence-electron chi connectivity index (χ1n) is 7.17. The molecule has 0 unspecified atom stereocenters. The van der Waals surface area contributed by atoms with Gasteiger partial charge in [0.1, 0.15) is 0 Å². The molecule has 0 fully saturated rings. The van der Waals surface area contributed by atoms with Gasteiger partial charge < -0.3 is 5.32 Å². The van der Waals surface area contributed by atoms with E-state index in [9.17, 15) is 14.9 Å². The van der Waals surface area contributed by atoms with E-state index in [1.165, 1.54) is 18.2 Å². The van der Waals surface area contributed by atoms with Crippen molar-refractivity contribution in [1.29, 1.82) is 0 Å². The molecule has 0 radical (unpaired) electrons. The molecule has 3 N–H and O–H groups in total. The standard InChI is InChI=1S/C16H15BrN4O3S/c1-9-4-3-5-13(10(9)2)18-16(25)20-19-15(22)11-6-7-12(17)14(8-11)21(23)24/h3-8H,1-2H3,(H,19,22)(H2,18,20,25). The van der Waals surface area contributed by atoms with Gasteiger partial charge >= 0.3 is 0 Å². The van der Waals surface area contributed by atoms with Crippen LogP contribution in [0.3, 0.4) is 0 Å². The lowest BCUT2D eigenvalue weighted by Gasteiger charge is -2.14. The van der Waals surface area contributed by atoms with E-state index in [1.54, 1.807) is 0 Å². The Morgan fingerprint density at radius 2 is 1.92 bits per heavy atom. The van der Waals surface area contributed by atoms with Crippen molar-refractivity contribution in [3.8, 4) is 0 Å². The topological polar surface area (TPSA) is 96.3 Å². The van der Waals surface area contributed by atoms with Gasteiger partial charge in [-0.15, -0.1) is 0 Å². The lowest BCUT2D eigenvalue weighted by atomic mass is 10.1. The van der Waals surface area contributed by atoms with Gasteiger partial charge in [-0.25, -0.2) is 0 Å². The summed E-state index contributed by atoms with van der Waals surface area (Å²) in [4.78, 5) is 22.5. The third-order valence-corrected chi connectivity index (χ3v) is 4.42. The molecule has 0 aromatic heterocycles. The molecule has 9 heteroatoms. The third kappa shape index (κ3) is 4.74. The fourth-order valence-electron chi connectivity index (χ4n) is 2.02. The van der Waals surface area contributed by atoms with Crippen LogP contribution in [0.2, 0.25) is 0 Å². The number of carbonyl (C=O) groups excluding carboxylic acids is 1. The first kappa shape index (κ1) is 18.8. The smallest absolute Gasteiger partial charge is 0.284 e. The summed E-state index contributed by atoms with van der Waals surface area (Å²) in [5, 5.41) is 14.1. The molecule has 7 nitrogen and oxygen atoms in total. The minimum Gasteiger partial charge on any atom is -0.331 e. The number of thiocarbonyl (C=S) groups is 1. The molecule has 0 atom stereocenters. The van der Waals surface area contributed by atoms with Crippen LogP contribution in [0.1, 0.15) is 21.5 Å². The van der Waals surface area contributed by atoms with Crippen molar-refractivity contribution >= 4 is 50.5 Å². The van der Waals surface area contributed by atoms with E-state index in [0.29, 0.717) is 4.47 Å². The Morgan fingerprint density at radius 3 is 2.60 bits per heavy atom. The number of rotatable bonds is 3. The Kier molecular flexibility index (Phi) is 6.05. The average molecular weight is 423 g/mol. The second-order valence-corrected chi connectivity index (χ2v) is 6.47. The molecule has 0 aliphatic rings. The summed E-state index contributed by atoms with van der Waals surface area (Å²) in [6.45, 7) is 3.94. The highest BCUT2D eigenvalue weighted by atomic mass is 79.9. The van der Waals surface area contributed by atoms with Crippen LogP contribution < -0.4 is 16.2 Å². The SMILES string of the molecule is Cc1cccc(NC(=S)NNC(=O)c2ccc(Br)c([N+](=O)[O-])c2)c1C. The molecule has 25 heavy (non-hydrogen) atoms. The van der Waals surface area contributed by atoms with Crippen LogP contribution in [0.5, 0.6) is 0 Å². The van der Waals surface area contributed by atoms with Gasteiger partial charge in [0.2, 0.25) is 0 Å². The predicted molar refractivity (Wildman–Crippen MR) is 104 cm³/mol. The van der Waals surface area contributed by atoms with Crippen LogP contribution in [0.15, 0.2) is 40.9 Å². The fourth-order valence-corrected chi connectivity index (χ4v) is 2.57. The number of halogens is 1. The van der Waals surface area contributed by atoms with Crippen molar-refractivity contribution in [2.24, 2.45) is 0 Å². The zero-order valence-electron chi connectivity index (χ0n) is 13.4. The number of hydrogen-bond donors (Lipinski definition) is 3. The van der Waals surface area contributed by atoms with Crippen molar-refractivity contribution in [3.05, 3.63) is 67.7 Å². The fraction of sp³-hybridized carbons (Fsp3) is 0.125. The predicted octanol–water partition coefficient (Wildman–Crippen LogP) is 3.61. The van der Waals surface area contributed by atoms with E-state index in [0.717, 1.165) is 16.8 Å². The largest absolute Gasteiger partial charge is 0.331 e. The quantitative estimate of drug-likeness (QED) is 0.397. The molecule has 2 aromatic rings. The Bertz CT molecular complexity index is 857. The van der Waals surface area contributed by atoms with Crippen molar-refractivity contribution in [1.82, 2.24) is 10.9 Å². The third-order valence-electron chi connectivity index (χ3n) is 3.55. The molecule has 1 amide bonds. The Labute approximate surface area is 158 Å². The number of amides is 1. The molecule has 0 bridgehead atoms. The van der Waals surface area contributed by atoms with Crippen LogP contribution in [0.25, 0.3) is 0 Å². The minimum atomic E-state index is -0.568. The first-order chi connectivity index (χ1) is 11.8. The summed E-state index contributed by atoms with van der Waals surface area (Å²) in [6.07, 6.45) is 0. The second-order valence-electron chi connectivity index (χ2n) is 5.20. The summed E-state index contributed by atoms with van der Waals surface area (Å²) in [6, 6.07) is 9.85. The molecule has 2 aromatic carbocycles. The Balaban J connectivity index is 2.00. The Morgan fingerprint density at radius 1 is 1.20 bits per heavy atom. The van der Waals surface area contributed by atoms with Crippen LogP contribution in [-0.4, -0.2) is 15.9 Å². The van der Waals surface area contributed by atoms with Crippen LogP contribution in [0.4, 0.5) is 11.4 Å². The van der Waals surface area contributed by atoms with Gasteiger partial charge in [0.05, 0.1) is 9.40 Å². The number of carbonyl (C=O) groups is 1. The maximum Gasteiger partial charge on any atom is 0.284 e. The average Bonchev–Trinajstić information content (AvgIpc) is 2.57. The van der Waals surface area contributed by atoms with Gasteiger partial charge in [-0.05, 0) is 71.3 Å². The number of aryl methyl sites for hydroxylation is 1. The molecule has 0 spiro atoms. The van der Waals surface area contributed by atoms with Gasteiger partial charge in [0, 0.05) is 17.3 Å². The molecular formula is C16H15BrN4O3S. The molecule has 2 rings (SSSR count). The van der Waals surface area contributed by atoms with E-state index >= 15 is 0 Å². The van der Waals surface area contributed by atoms with Crippen LogP contribution >= 0.6 is 28.1 Å². The zero-order valence-corrected chi connectivity index (χ0v) is 15.8. The van der Waals surface area contributed by atoms with Gasteiger partial charge in [-0.2, -0.15) is 0 Å². The van der Waals surface area contributed by atoms with Crippen LogP contribution in [-0.2, 0) is 0 Å². The first-order valence-corrected chi connectivity index (χ1v) is 8.37. The number of nitrogens with zero attached hydrogens (tertiary/aromatic N) is 1. The summed E-state index contributed by atoms with van der Waals surface area (Å²) in [5.74, 6) is -0.541. The van der Waals surface area contributed by atoms with E-state index in [2.05, 4.69) is 32.1 Å². The molecule has 0 aliphatic heterocycles. The molecule has 0 heterocycles. The van der Waals surface area contributed by atoms with Gasteiger partial charge in [0.25, 0.3) is 11.6 Å². The van der Waals surface area contributed by atoms with Crippen molar-refractivity contribution < 1.29 is 9.72 Å². The number of nitro benzene ring substituents is 1. The van der Waals surface area contributed by atoms with E-state index in [-0.39, 0.29) is 16.4 Å². The van der Waals surface area contributed by atoms with Gasteiger partial charge in [0.15, 0.2) is 5.11 Å². The molecular weight excluding hydrogens is 408 g/mol. The number of nitro groups is 1. The summed E-state index contributed by atoms with van der Waals surface area (Å²) < 4.78 is 0.300. The van der Waals surface area contributed by atoms with Gasteiger partial charge in [-0.3, -0.25) is 25.8 Å². The maximum absolute atomic E-state index is 12.1. The molecule has 0 aliphatic carbocycles. The number of hydrogen-bond acceptors (Lipinski definition) is 4. The zero-order chi connectivity index (χ0) is 18.6. The van der Waals surface area contributed by atoms with E-state index in [1.807, 2.05) is 32.0 Å². The second kappa shape index (κ2) is 8.04. The lowest BCUT2D eigenvalue weighted by Crippen LogP contribution is -2.43. The molecule has 130 valence electrons. The number of benzene rings is 2. The van der Waals surface area contributed by atoms with Crippen molar-refractivity contribution in [3.63, 3.8) is 0 Å².